The number of carbonyl (C=O) groups excluding carboxylic acids is 2. The Morgan fingerprint density at radius 3 is 2.57 bits per heavy atom. The van der Waals surface area contributed by atoms with Gasteiger partial charge in [0.15, 0.2) is 0 Å². The summed E-state index contributed by atoms with van der Waals surface area (Å²) in [5.74, 6) is 0.555. The highest BCUT2D eigenvalue weighted by Crippen LogP contribution is 2.28. The molecule has 0 bridgehead atoms. The van der Waals surface area contributed by atoms with Crippen LogP contribution in [0.1, 0.15) is 37.6 Å². The second-order valence-corrected chi connectivity index (χ2v) is 10.3. The first kappa shape index (κ1) is 24.3. The molecule has 7 nitrogen and oxygen atoms in total. The van der Waals surface area contributed by atoms with Gasteiger partial charge in [0.05, 0.1) is 18.2 Å². The molecule has 0 aliphatic carbocycles. The Balaban J connectivity index is 1.28. The van der Waals surface area contributed by atoms with Crippen LogP contribution in [0.5, 0.6) is 11.5 Å². The summed E-state index contributed by atoms with van der Waals surface area (Å²) in [5.41, 5.74) is 0.0734. The van der Waals surface area contributed by atoms with E-state index in [9.17, 15) is 9.59 Å². The Hall–Kier alpha value is -3.83. The molecule has 2 aromatic carbocycles. The normalized spacial score (nSPS) is 15.8. The lowest BCUT2D eigenvalue weighted by molar-refractivity contribution is -0.128. The minimum Gasteiger partial charge on any atom is -0.489 e. The second-order valence-electron chi connectivity index (χ2n) is 9.19. The van der Waals surface area contributed by atoms with Crippen molar-refractivity contribution in [2.24, 2.45) is 0 Å². The first-order chi connectivity index (χ1) is 16.7. The Labute approximate surface area is 208 Å². The lowest BCUT2D eigenvalue weighted by Crippen LogP contribution is -2.36. The molecule has 180 valence electrons. The molecule has 1 aromatic heterocycles. The summed E-state index contributed by atoms with van der Waals surface area (Å²) in [6.07, 6.45) is 3.35. The molecule has 1 amide bonds. The number of thiophene rings is 1. The highest BCUT2D eigenvalue weighted by Gasteiger charge is 2.30. The van der Waals surface area contributed by atoms with Gasteiger partial charge < -0.3 is 19.1 Å². The van der Waals surface area contributed by atoms with E-state index in [0.717, 1.165) is 21.4 Å². The number of likely N-dealkylation sites (tertiary alicyclic amines) is 1. The van der Waals surface area contributed by atoms with Crippen molar-refractivity contribution in [2.75, 3.05) is 13.1 Å². The van der Waals surface area contributed by atoms with E-state index in [1.54, 1.807) is 41.3 Å². The van der Waals surface area contributed by atoms with Gasteiger partial charge in [0.1, 0.15) is 23.2 Å². The van der Waals surface area contributed by atoms with E-state index < -0.39 is 11.6 Å². The first-order valence-electron chi connectivity index (χ1n) is 11.3. The van der Waals surface area contributed by atoms with E-state index >= 15 is 0 Å². The van der Waals surface area contributed by atoms with E-state index in [2.05, 4.69) is 6.07 Å². The summed E-state index contributed by atoms with van der Waals surface area (Å²) >= 11 is 1.53. The summed E-state index contributed by atoms with van der Waals surface area (Å²) < 4.78 is 17.8. The summed E-state index contributed by atoms with van der Waals surface area (Å²) in [4.78, 5) is 27.0. The lowest BCUT2D eigenvalue weighted by Gasteiger charge is -2.24. The predicted octanol–water partition coefficient (Wildman–Crippen LogP) is 5.78. The summed E-state index contributed by atoms with van der Waals surface area (Å²) in [6, 6.07) is 16.4. The van der Waals surface area contributed by atoms with Crippen LogP contribution in [-0.2, 0) is 9.53 Å². The van der Waals surface area contributed by atoms with Crippen molar-refractivity contribution >= 4 is 39.6 Å². The minimum atomic E-state index is -0.529. The van der Waals surface area contributed by atoms with Gasteiger partial charge in [0.25, 0.3) is 0 Å². The fourth-order valence-electron chi connectivity index (χ4n) is 3.61. The van der Waals surface area contributed by atoms with E-state index in [1.165, 1.54) is 17.4 Å². The maximum atomic E-state index is 12.2. The van der Waals surface area contributed by atoms with E-state index in [-0.39, 0.29) is 12.2 Å². The fraction of sp³-hybridized carbons (Fsp3) is 0.296. The number of ether oxygens (including phenoxy) is 3. The largest absolute Gasteiger partial charge is 0.489 e. The topological polar surface area (TPSA) is 88.9 Å². The van der Waals surface area contributed by atoms with Gasteiger partial charge in [-0.25, -0.2) is 9.59 Å². The van der Waals surface area contributed by atoms with Crippen molar-refractivity contribution in [2.45, 2.75) is 38.9 Å². The smallest absolute Gasteiger partial charge is 0.410 e. The summed E-state index contributed by atoms with van der Waals surface area (Å²) in [5, 5.41) is 9.99. The van der Waals surface area contributed by atoms with Crippen LogP contribution in [0.3, 0.4) is 0 Å². The number of amides is 1. The van der Waals surface area contributed by atoms with E-state index in [4.69, 9.17) is 19.5 Å². The molecule has 1 fully saturated rings. The second kappa shape index (κ2) is 10.2. The molecular weight excluding hydrogens is 464 g/mol. The minimum absolute atomic E-state index is 0.121. The Morgan fingerprint density at radius 1 is 1.11 bits per heavy atom. The van der Waals surface area contributed by atoms with Crippen LogP contribution >= 0.6 is 11.3 Å². The van der Waals surface area contributed by atoms with Gasteiger partial charge in [0, 0.05) is 28.6 Å². The molecule has 1 atom stereocenters. The van der Waals surface area contributed by atoms with Crippen molar-refractivity contribution in [3.05, 3.63) is 65.0 Å². The van der Waals surface area contributed by atoms with E-state index in [1.807, 2.05) is 39.0 Å². The van der Waals surface area contributed by atoms with Crippen molar-refractivity contribution in [3.8, 4) is 17.6 Å². The quantitative estimate of drug-likeness (QED) is 0.256. The number of benzene rings is 2. The summed E-state index contributed by atoms with van der Waals surface area (Å²) in [6.45, 7) is 6.58. The van der Waals surface area contributed by atoms with Crippen molar-refractivity contribution < 1.29 is 23.8 Å². The molecule has 4 rings (SSSR count). The molecule has 0 unspecified atom stereocenters. The predicted molar refractivity (Wildman–Crippen MR) is 134 cm³/mol. The Morgan fingerprint density at radius 2 is 1.86 bits per heavy atom. The number of rotatable bonds is 5. The highest BCUT2D eigenvalue weighted by molar-refractivity contribution is 7.19. The third kappa shape index (κ3) is 6.61. The van der Waals surface area contributed by atoms with Crippen LogP contribution in [0.15, 0.2) is 54.6 Å². The van der Waals surface area contributed by atoms with Crippen LogP contribution < -0.4 is 9.47 Å². The van der Waals surface area contributed by atoms with Gasteiger partial charge in [0.2, 0.25) is 0 Å². The maximum Gasteiger partial charge on any atom is 0.410 e. The molecule has 2 heterocycles. The maximum absolute atomic E-state index is 12.2. The van der Waals surface area contributed by atoms with Gasteiger partial charge in [-0.1, -0.05) is 0 Å². The van der Waals surface area contributed by atoms with Crippen LogP contribution in [0.2, 0.25) is 0 Å². The third-order valence-electron chi connectivity index (χ3n) is 5.19. The molecule has 0 N–H and O–H groups in total. The van der Waals surface area contributed by atoms with Gasteiger partial charge in [-0.3, -0.25) is 0 Å². The Kier molecular flexibility index (Phi) is 7.08. The monoisotopic (exact) mass is 490 g/mol. The molecule has 0 radical (unpaired) electrons. The molecule has 35 heavy (non-hydrogen) atoms. The van der Waals surface area contributed by atoms with Crippen LogP contribution in [0.25, 0.3) is 16.2 Å². The van der Waals surface area contributed by atoms with Gasteiger partial charge in [-0.2, -0.15) is 5.26 Å². The standard InChI is InChI=1S/C27H26N2O5S/c1-27(2,3)34-26(31)29-13-12-22(17-29)32-20-5-7-21(8-6-20)33-25(30)11-9-23-15-19-14-18(16-28)4-10-24(19)35-23/h4-11,14-15,22H,12-13,17H2,1-3H3/t22-/m0/s1. The molecule has 1 aliphatic rings. The molecule has 1 aliphatic heterocycles. The van der Waals surface area contributed by atoms with Gasteiger partial charge in [-0.05, 0) is 80.8 Å². The fourth-order valence-corrected chi connectivity index (χ4v) is 4.56. The third-order valence-corrected chi connectivity index (χ3v) is 6.27. The van der Waals surface area contributed by atoms with Gasteiger partial charge in [-0.15, -0.1) is 11.3 Å². The lowest BCUT2D eigenvalue weighted by atomic mass is 10.2. The SMILES string of the molecule is CC(C)(C)OC(=O)N1CC[C@H](Oc2ccc(OC(=O)C=Cc3cc4cc(C#N)ccc4s3)cc2)C1. The number of fused-ring (bicyclic) bond motifs is 1. The zero-order chi connectivity index (χ0) is 25.0. The van der Waals surface area contributed by atoms with Crippen LogP contribution in [-0.4, -0.2) is 41.8 Å². The molecular formula is C27H26N2O5S. The molecule has 8 heteroatoms. The molecule has 1 saturated heterocycles. The van der Waals surface area contributed by atoms with Crippen LogP contribution in [0.4, 0.5) is 4.79 Å². The van der Waals surface area contributed by atoms with Crippen molar-refractivity contribution in [1.82, 2.24) is 4.90 Å². The molecule has 3 aromatic rings. The number of carbonyl (C=O) groups is 2. The number of hydrogen-bond acceptors (Lipinski definition) is 7. The highest BCUT2D eigenvalue weighted by atomic mass is 32.1. The van der Waals surface area contributed by atoms with Gasteiger partial charge >= 0.3 is 12.1 Å². The average molecular weight is 491 g/mol. The number of esters is 1. The number of hydrogen-bond donors (Lipinski definition) is 0. The Bertz CT molecular complexity index is 1300. The molecule has 0 saturated carbocycles. The zero-order valence-corrected chi connectivity index (χ0v) is 20.6. The zero-order valence-electron chi connectivity index (χ0n) is 19.8. The van der Waals surface area contributed by atoms with Crippen LogP contribution in [0, 0.1) is 11.3 Å². The van der Waals surface area contributed by atoms with Crippen molar-refractivity contribution in [1.29, 1.82) is 5.26 Å². The first-order valence-corrected chi connectivity index (χ1v) is 12.1. The number of nitriles is 1. The molecule has 0 spiro atoms. The average Bonchev–Trinajstić information content (AvgIpc) is 3.44. The van der Waals surface area contributed by atoms with Crippen molar-refractivity contribution in [3.63, 3.8) is 0 Å². The van der Waals surface area contributed by atoms with E-state index in [0.29, 0.717) is 30.2 Å². The number of nitrogens with zero attached hydrogens (tertiary/aromatic N) is 2. The summed E-state index contributed by atoms with van der Waals surface area (Å²) in [7, 11) is 0.